The van der Waals surface area contributed by atoms with Crippen LogP contribution in [0.2, 0.25) is 0 Å². The van der Waals surface area contributed by atoms with Gasteiger partial charge in [-0.1, -0.05) is 103 Å². The largest absolute Gasteiger partial charge is 0.317 e. The summed E-state index contributed by atoms with van der Waals surface area (Å²) in [4.78, 5) is 18.3. The van der Waals surface area contributed by atoms with E-state index in [9.17, 15) is 4.79 Å². The Bertz CT molecular complexity index is 1650. The third kappa shape index (κ3) is 3.67. The number of nitrogens with zero attached hydrogens (tertiary/aromatic N) is 2. The van der Waals surface area contributed by atoms with Crippen LogP contribution < -0.4 is 0 Å². The summed E-state index contributed by atoms with van der Waals surface area (Å²) in [5, 5.41) is 4.51. The number of rotatable bonds is 5. The van der Waals surface area contributed by atoms with Crippen molar-refractivity contribution < 1.29 is 4.79 Å². The molecule has 0 aliphatic heterocycles. The molecule has 0 radical (unpaired) electrons. The Labute approximate surface area is 197 Å². The van der Waals surface area contributed by atoms with Crippen LogP contribution in [-0.2, 0) is 6.54 Å². The van der Waals surface area contributed by atoms with Gasteiger partial charge in [0.15, 0.2) is 5.82 Å². The van der Waals surface area contributed by atoms with Crippen LogP contribution in [0.25, 0.3) is 32.8 Å². The number of hydrogen-bond donors (Lipinski definition) is 0. The lowest BCUT2D eigenvalue weighted by Crippen LogP contribution is -2.13. The summed E-state index contributed by atoms with van der Waals surface area (Å²) in [5.41, 5.74) is 3.73. The zero-order chi connectivity index (χ0) is 22.9. The van der Waals surface area contributed by atoms with Crippen LogP contribution in [0.15, 0.2) is 121 Å². The zero-order valence-electron chi connectivity index (χ0n) is 18.6. The molecule has 0 N–H and O–H groups in total. The SMILES string of the molecule is O=C(c1ccc2ccccc2c1)c1ncc(-c2ccc3ccccc3c2)n1Cc1ccccc1. The van der Waals surface area contributed by atoms with Crippen molar-refractivity contribution in [2.24, 2.45) is 0 Å². The maximum absolute atomic E-state index is 13.7. The minimum Gasteiger partial charge on any atom is -0.317 e. The lowest BCUT2D eigenvalue weighted by Gasteiger charge is -2.13. The maximum atomic E-state index is 13.7. The molecule has 162 valence electrons. The summed E-state index contributed by atoms with van der Waals surface area (Å²) < 4.78 is 2.04. The van der Waals surface area contributed by atoms with Gasteiger partial charge < -0.3 is 4.57 Å². The van der Waals surface area contributed by atoms with Crippen molar-refractivity contribution in [1.82, 2.24) is 9.55 Å². The number of carbonyl (C=O) groups is 1. The van der Waals surface area contributed by atoms with Crippen molar-refractivity contribution in [3.63, 3.8) is 0 Å². The molecule has 1 heterocycles. The predicted molar refractivity (Wildman–Crippen MR) is 138 cm³/mol. The number of fused-ring (bicyclic) bond motifs is 2. The first kappa shape index (κ1) is 20.1. The molecule has 0 fully saturated rings. The van der Waals surface area contributed by atoms with Crippen LogP contribution in [0.5, 0.6) is 0 Å². The van der Waals surface area contributed by atoms with Gasteiger partial charge in [-0.15, -0.1) is 0 Å². The summed E-state index contributed by atoms with van der Waals surface area (Å²) in [6.07, 6.45) is 1.82. The molecule has 3 heteroatoms. The summed E-state index contributed by atoms with van der Waals surface area (Å²) in [5.74, 6) is 0.371. The second-order valence-electron chi connectivity index (χ2n) is 8.49. The highest BCUT2D eigenvalue weighted by molar-refractivity contribution is 6.09. The number of ketones is 1. The number of carbonyl (C=O) groups excluding carboxylic acids is 1. The molecule has 0 aliphatic rings. The molecule has 6 aromatic rings. The molecular weight excluding hydrogens is 416 g/mol. The third-order valence-electron chi connectivity index (χ3n) is 6.30. The van der Waals surface area contributed by atoms with E-state index in [1.807, 2.05) is 77.5 Å². The molecule has 0 atom stereocenters. The smallest absolute Gasteiger partial charge is 0.228 e. The molecule has 0 saturated heterocycles. The van der Waals surface area contributed by atoms with Gasteiger partial charge in [0.2, 0.25) is 5.78 Å². The van der Waals surface area contributed by atoms with Gasteiger partial charge in [-0.05, 0) is 39.2 Å². The highest BCUT2D eigenvalue weighted by Crippen LogP contribution is 2.28. The van der Waals surface area contributed by atoms with Gasteiger partial charge in [-0.3, -0.25) is 4.79 Å². The standard InChI is InChI=1S/C31H22N2O/c34-30(28-17-15-24-11-5-7-13-26(24)19-28)31-32-20-29(33(31)21-22-8-2-1-3-9-22)27-16-14-23-10-4-6-12-25(23)18-27/h1-20H,21H2. The topological polar surface area (TPSA) is 34.9 Å². The van der Waals surface area contributed by atoms with Crippen LogP contribution in [0.1, 0.15) is 21.7 Å². The molecule has 0 saturated carbocycles. The zero-order valence-corrected chi connectivity index (χ0v) is 18.6. The van der Waals surface area contributed by atoms with Gasteiger partial charge in [0.25, 0.3) is 0 Å². The molecule has 0 amide bonds. The molecule has 0 aliphatic carbocycles. The summed E-state index contributed by atoms with van der Waals surface area (Å²) >= 11 is 0. The first-order valence-electron chi connectivity index (χ1n) is 11.4. The Morgan fingerprint density at radius 1 is 0.647 bits per heavy atom. The van der Waals surface area contributed by atoms with E-state index >= 15 is 0 Å². The normalized spacial score (nSPS) is 11.2. The Morgan fingerprint density at radius 2 is 1.26 bits per heavy atom. The average molecular weight is 439 g/mol. The molecular formula is C31H22N2O. The monoisotopic (exact) mass is 438 g/mol. The summed E-state index contributed by atoms with van der Waals surface area (Å²) in [6, 6.07) is 38.8. The Morgan fingerprint density at radius 3 is 2.00 bits per heavy atom. The molecule has 6 rings (SSSR count). The summed E-state index contributed by atoms with van der Waals surface area (Å²) in [6.45, 7) is 0.567. The van der Waals surface area contributed by atoms with Gasteiger partial charge in [0.05, 0.1) is 11.9 Å². The lowest BCUT2D eigenvalue weighted by molar-refractivity contribution is 0.102. The Kier molecular flexibility index (Phi) is 5.00. The van der Waals surface area contributed by atoms with Crippen molar-refractivity contribution in [2.45, 2.75) is 6.54 Å². The molecule has 0 spiro atoms. The number of imidazole rings is 1. The highest BCUT2D eigenvalue weighted by Gasteiger charge is 2.20. The second kappa shape index (κ2) is 8.45. The lowest BCUT2D eigenvalue weighted by atomic mass is 10.0. The van der Waals surface area contributed by atoms with Gasteiger partial charge in [-0.25, -0.2) is 4.98 Å². The molecule has 1 aromatic heterocycles. The van der Waals surface area contributed by atoms with E-state index in [-0.39, 0.29) is 5.78 Å². The molecule has 3 nitrogen and oxygen atoms in total. The van der Waals surface area contributed by atoms with Crippen molar-refractivity contribution in [1.29, 1.82) is 0 Å². The van der Waals surface area contributed by atoms with Crippen LogP contribution >= 0.6 is 0 Å². The van der Waals surface area contributed by atoms with E-state index in [1.54, 1.807) is 0 Å². The number of hydrogen-bond acceptors (Lipinski definition) is 2. The van der Waals surface area contributed by atoms with E-state index < -0.39 is 0 Å². The molecule has 0 unspecified atom stereocenters. The predicted octanol–water partition coefficient (Wildman–Crippen LogP) is 7.14. The van der Waals surface area contributed by atoms with Crippen molar-refractivity contribution in [2.75, 3.05) is 0 Å². The van der Waals surface area contributed by atoms with E-state index in [0.717, 1.165) is 33.0 Å². The van der Waals surface area contributed by atoms with Crippen LogP contribution in [0, 0.1) is 0 Å². The van der Waals surface area contributed by atoms with Crippen LogP contribution in [0.4, 0.5) is 0 Å². The minimum absolute atomic E-state index is 0.0753. The average Bonchev–Trinajstić information content (AvgIpc) is 3.31. The fraction of sp³-hybridized carbons (Fsp3) is 0.0323. The van der Waals surface area contributed by atoms with Crippen molar-refractivity contribution >= 4 is 27.3 Å². The molecule has 0 bridgehead atoms. The first-order chi connectivity index (χ1) is 16.8. The third-order valence-corrected chi connectivity index (χ3v) is 6.30. The number of benzene rings is 5. The quantitative estimate of drug-likeness (QED) is 0.268. The maximum Gasteiger partial charge on any atom is 0.228 e. The van der Waals surface area contributed by atoms with Crippen LogP contribution in [0.3, 0.4) is 0 Å². The van der Waals surface area contributed by atoms with E-state index in [1.165, 1.54) is 5.39 Å². The first-order valence-corrected chi connectivity index (χ1v) is 11.4. The molecule has 5 aromatic carbocycles. The van der Waals surface area contributed by atoms with Crippen molar-refractivity contribution in [3.8, 4) is 11.3 Å². The van der Waals surface area contributed by atoms with Gasteiger partial charge in [-0.2, -0.15) is 0 Å². The van der Waals surface area contributed by atoms with Gasteiger partial charge in [0, 0.05) is 17.7 Å². The fourth-order valence-electron chi connectivity index (χ4n) is 4.52. The summed E-state index contributed by atoms with van der Waals surface area (Å²) in [7, 11) is 0. The van der Waals surface area contributed by atoms with E-state index in [2.05, 4.69) is 53.5 Å². The Hall–Kier alpha value is -4.50. The highest BCUT2D eigenvalue weighted by atomic mass is 16.1. The van der Waals surface area contributed by atoms with E-state index in [0.29, 0.717) is 17.9 Å². The number of aromatic nitrogens is 2. The van der Waals surface area contributed by atoms with Gasteiger partial charge >= 0.3 is 0 Å². The van der Waals surface area contributed by atoms with E-state index in [4.69, 9.17) is 0 Å². The van der Waals surface area contributed by atoms with Gasteiger partial charge in [0.1, 0.15) is 0 Å². The van der Waals surface area contributed by atoms with Crippen molar-refractivity contribution in [3.05, 3.63) is 138 Å². The van der Waals surface area contributed by atoms with Crippen LogP contribution in [-0.4, -0.2) is 15.3 Å². The fourth-order valence-corrected chi connectivity index (χ4v) is 4.52. The minimum atomic E-state index is -0.0753. The molecule has 34 heavy (non-hydrogen) atoms. The Balaban J connectivity index is 1.48. The second-order valence-corrected chi connectivity index (χ2v) is 8.49.